The molecule has 0 radical (unpaired) electrons. The average Bonchev–Trinajstić information content (AvgIpc) is 2.54. The van der Waals surface area contributed by atoms with Crippen LogP contribution in [0.4, 0.5) is 10.5 Å². The molecule has 1 atom stereocenters. The van der Waals surface area contributed by atoms with Crippen molar-refractivity contribution in [3.8, 4) is 0 Å². The zero-order valence-corrected chi connectivity index (χ0v) is 18.4. The number of nitrogens with zero attached hydrogens (tertiary/aromatic N) is 1. The molecule has 0 aliphatic rings. The van der Waals surface area contributed by atoms with Crippen molar-refractivity contribution in [2.45, 2.75) is 32.2 Å². The third-order valence-corrected chi connectivity index (χ3v) is 3.15. The standard InChI is InChI=1S/C15H20N2O6.HI.Na/c1-2-3-8-23-15(20)16-13(14(19)10-18)9-11-4-6-12(7-5-11)17(21)22;;/h4-7,13,18H,2-3,8-10H2,1H3,(H,16,20);1H;/q;;+1/p-1. The van der Waals surface area contributed by atoms with Crippen LogP contribution < -0.4 is 58.9 Å². The van der Waals surface area contributed by atoms with Crippen molar-refractivity contribution in [2.24, 2.45) is 0 Å². The maximum Gasteiger partial charge on any atom is 1.00 e. The first kappa shape index (κ1) is 26.5. The quantitative estimate of drug-likeness (QED) is 0.123. The molecular formula is C15H20IN2NaO6. The minimum absolute atomic E-state index is 0. The summed E-state index contributed by atoms with van der Waals surface area (Å²) in [5.41, 5.74) is 0.557. The van der Waals surface area contributed by atoms with Crippen LogP contribution in [0.5, 0.6) is 0 Å². The van der Waals surface area contributed by atoms with Gasteiger partial charge in [0.15, 0.2) is 5.78 Å². The Balaban J connectivity index is 0. The second-order valence-electron chi connectivity index (χ2n) is 4.94. The molecule has 0 saturated heterocycles. The molecule has 25 heavy (non-hydrogen) atoms. The number of ether oxygens (including phenoxy) is 1. The Morgan fingerprint density at radius 3 is 2.40 bits per heavy atom. The number of nitro benzene ring substituents is 1. The molecule has 0 heterocycles. The molecule has 1 rings (SSSR count). The van der Waals surface area contributed by atoms with Gasteiger partial charge in [0.1, 0.15) is 6.61 Å². The van der Waals surface area contributed by atoms with Crippen LogP contribution in [0.3, 0.4) is 0 Å². The maximum absolute atomic E-state index is 11.7. The van der Waals surface area contributed by atoms with Crippen molar-refractivity contribution >= 4 is 17.6 Å². The van der Waals surface area contributed by atoms with E-state index in [1.807, 2.05) is 6.92 Å². The molecule has 0 aromatic heterocycles. The first-order valence-corrected chi connectivity index (χ1v) is 7.28. The second-order valence-corrected chi connectivity index (χ2v) is 4.94. The van der Waals surface area contributed by atoms with E-state index in [1.54, 1.807) is 0 Å². The molecule has 1 amide bonds. The molecule has 0 fully saturated rings. The van der Waals surface area contributed by atoms with Crippen molar-refractivity contribution in [2.75, 3.05) is 13.2 Å². The van der Waals surface area contributed by atoms with Gasteiger partial charge in [-0.2, -0.15) is 0 Å². The number of hydrogen-bond donors (Lipinski definition) is 2. The van der Waals surface area contributed by atoms with Gasteiger partial charge in [0, 0.05) is 12.1 Å². The van der Waals surface area contributed by atoms with Gasteiger partial charge in [-0.25, -0.2) is 4.79 Å². The number of nitro groups is 1. The predicted molar refractivity (Wildman–Crippen MR) is 82.1 cm³/mol. The molecule has 0 aliphatic heterocycles. The van der Waals surface area contributed by atoms with Crippen LogP contribution in [0.1, 0.15) is 25.3 Å². The Labute approximate surface area is 185 Å². The van der Waals surface area contributed by atoms with Crippen LogP contribution in [0.15, 0.2) is 24.3 Å². The Morgan fingerprint density at radius 1 is 1.32 bits per heavy atom. The maximum atomic E-state index is 11.7. The van der Waals surface area contributed by atoms with E-state index in [1.165, 1.54) is 24.3 Å². The number of Topliss-reactive ketones (excluding diaryl/α,β-unsaturated/α-hetero) is 1. The summed E-state index contributed by atoms with van der Waals surface area (Å²) in [5.74, 6) is -0.559. The fourth-order valence-corrected chi connectivity index (χ4v) is 1.84. The number of ketones is 1. The van der Waals surface area contributed by atoms with E-state index in [0.29, 0.717) is 12.0 Å². The summed E-state index contributed by atoms with van der Waals surface area (Å²) in [6.45, 7) is 1.49. The average molecular weight is 474 g/mol. The molecule has 1 aromatic rings. The summed E-state index contributed by atoms with van der Waals surface area (Å²) in [7, 11) is 0. The van der Waals surface area contributed by atoms with Crippen molar-refractivity contribution in [1.82, 2.24) is 5.32 Å². The van der Waals surface area contributed by atoms with Crippen LogP contribution in [0.2, 0.25) is 0 Å². The summed E-state index contributed by atoms with van der Waals surface area (Å²) < 4.78 is 4.92. The Bertz CT molecular complexity index is 555. The van der Waals surface area contributed by atoms with Crippen molar-refractivity contribution in [1.29, 1.82) is 0 Å². The summed E-state index contributed by atoms with van der Waals surface area (Å²) in [6, 6.07) is 4.68. The summed E-state index contributed by atoms with van der Waals surface area (Å²) in [5, 5.41) is 22.0. The Morgan fingerprint density at radius 2 is 1.92 bits per heavy atom. The van der Waals surface area contributed by atoms with E-state index in [9.17, 15) is 19.7 Å². The zero-order chi connectivity index (χ0) is 17.2. The fraction of sp³-hybridized carbons (Fsp3) is 0.467. The number of aliphatic hydroxyl groups is 1. The van der Waals surface area contributed by atoms with Crippen LogP contribution in [-0.4, -0.2) is 41.2 Å². The first-order chi connectivity index (χ1) is 11.0. The van der Waals surface area contributed by atoms with Crippen molar-refractivity contribution in [3.05, 3.63) is 39.9 Å². The zero-order valence-electron chi connectivity index (χ0n) is 14.2. The smallest absolute Gasteiger partial charge is 1.00 e. The number of nitrogens with one attached hydrogen (secondary N) is 1. The number of non-ortho nitro benzene ring substituents is 1. The van der Waals surface area contributed by atoms with Gasteiger partial charge in [-0.1, -0.05) is 25.5 Å². The summed E-state index contributed by atoms with van der Waals surface area (Å²) in [6.07, 6.45) is 0.969. The monoisotopic (exact) mass is 474 g/mol. The molecule has 134 valence electrons. The number of unbranched alkanes of at least 4 members (excludes halogenated alkanes) is 1. The second kappa shape index (κ2) is 14.4. The van der Waals surface area contributed by atoms with Crippen LogP contribution in [0.25, 0.3) is 0 Å². The number of amides is 1. The number of hydrogen-bond acceptors (Lipinski definition) is 6. The molecule has 0 aliphatic carbocycles. The third-order valence-electron chi connectivity index (χ3n) is 3.15. The van der Waals surface area contributed by atoms with Crippen molar-refractivity contribution in [3.63, 3.8) is 0 Å². The van der Waals surface area contributed by atoms with Gasteiger partial charge < -0.3 is 39.1 Å². The molecular weight excluding hydrogens is 454 g/mol. The number of carbonyl (C=O) groups excluding carboxylic acids is 2. The SMILES string of the molecule is CCCCOC(=O)NC(Cc1ccc([N+](=O)[O-])cc1)C(=O)CO.[I-].[Na+]. The first-order valence-electron chi connectivity index (χ1n) is 7.28. The van der Waals surface area contributed by atoms with Gasteiger partial charge in [-0.15, -0.1) is 0 Å². The fourth-order valence-electron chi connectivity index (χ4n) is 1.84. The van der Waals surface area contributed by atoms with Gasteiger partial charge in [0.25, 0.3) is 5.69 Å². The van der Waals surface area contributed by atoms with E-state index in [0.717, 1.165) is 6.42 Å². The molecule has 8 nitrogen and oxygen atoms in total. The molecule has 0 bridgehead atoms. The van der Waals surface area contributed by atoms with Gasteiger partial charge in [0.05, 0.1) is 17.6 Å². The van der Waals surface area contributed by atoms with E-state index in [-0.39, 0.29) is 72.2 Å². The largest absolute Gasteiger partial charge is 1.00 e. The predicted octanol–water partition coefficient (Wildman–Crippen LogP) is -4.40. The van der Waals surface area contributed by atoms with E-state index in [2.05, 4.69) is 5.32 Å². The molecule has 1 aromatic carbocycles. The molecule has 0 spiro atoms. The molecule has 10 heteroatoms. The van der Waals surface area contributed by atoms with Crippen LogP contribution in [-0.2, 0) is 16.0 Å². The number of alkyl carbamates (subject to hydrolysis) is 1. The number of halogens is 1. The third kappa shape index (κ3) is 10.1. The van der Waals surface area contributed by atoms with Gasteiger partial charge in [0.2, 0.25) is 0 Å². The topological polar surface area (TPSA) is 119 Å². The summed E-state index contributed by atoms with van der Waals surface area (Å²) >= 11 is 0. The minimum Gasteiger partial charge on any atom is -1.00 e. The Kier molecular flexibility index (Phi) is 15.3. The van der Waals surface area contributed by atoms with Gasteiger partial charge >= 0.3 is 35.7 Å². The molecule has 1 unspecified atom stereocenters. The molecule has 2 N–H and O–H groups in total. The van der Waals surface area contributed by atoms with Crippen LogP contribution >= 0.6 is 0 Å². The number of rotatable bonds is 9. The normalized spacial score (nSPS) is 10.6. The van der Waals surface area contributed by atoms with E-state index < -0.39 is 29.4 Å². The number of benzene rings is 1. The van der Waals surface area contributed by atoms with E-state index in [4.69, 9.17) is 9.84 Å². The summed E-state index contributed by atoms with van der Waals surface area (Å²) in [4.78, 5) is 33.4. The van der Waals surface area contributed by atoms with Crippen LogP contribution in [0, 0.1) is 10.1 Å². The van der Waals surface area contributed by atoms with Gasteiger partial charge in [-0.3, -0.25) is 14.9 Å². The van der Waals surface area contributed by atoms with Crippen molar-refractivity contribution < 1.29 is 77.9 Å². The molecule has 0 saturated carbocycles. The minimum atomic E-state index is -0.949. The number of carbonyl (C=O) groups is 2. The Hall–Kier alpha value is -0.750. The number of aliphatic hydroxyl groups excluding tert-OH is 1. The van der Waals surface area contributed by atoms with Gasteiger partial charge in [-0.05, 0) is 18.4 Å². The van der Waals surface area contributed by atoms with E-state index >= 15 is 0 Å².